The van der Waals surface area contributed by atoms with Gasteiger partial charge in [-0.3, -0.25) is 0 Å². The van der Waals surface area contributed by atoms with E-state index in [-0.39, 0.29) is 36.0 Å². The first-order valence-corrected chi connectivity index (χ1v) is 1.22. The Morgan fingerprint density at radius 1 is 1.50 bits per heavy atom. The summed E-state index contributed by atoms with van der Waals surface area (Å²) in [4.78, 5) is 0. The third-order valence-corrected chi connectivity index (χ3v) is 0.129. The fourth-order valence-corrected chi connectivity index (χ4v) is 0. The number of halogens is 2. The maximum Gasteiger partial charge on any atom is 0.0553 e. The van der Waals surface area contributed by atoms with Crippen LogP contribution >= 0.6 is 29.4 Å². The average molecular weight is 178 g/mol. The van der Waals surface area contributed by atoms with Gasteiger partial charge in [0, 0.05) is 6.54 Å². The van der Waals surface area contributed by atoms with E-state index in [0.717, 1.165) is 0 Å². The first kappa shape index (κ1) is 15.9. The summed E-state index contributed by atoms with van der Waals surface area (Å²) in [5.41, 5.74) is 4.78. The highest BCUT2D eigenvalue weighted by atomic mass is 79.9. The van der Waals surface area contributed by atoms with E-state index in [4.69, 9.17) is 10.8 Å². The first-order chi connectivity index (χ1) is 1.91. The van der Waals surface area contributed by atoms with Gasteiger partial charge in [-0.05, 0) is 0 Å². The monoisotopic (exact) mass is 177 g/mol. The Kier molecular flexibility index (Phi) is 45.9. The molecular weight excluding hydrogens is 169 g/mol. The first-order valence-electron chi connectivity index (χ1n) is 1.22. The predicted octanol–water partition coefficient (Wildman–Crippen LogP) is -0.0629. The molecule has 0 spiro atoms. The van der Waals surface area contributed by atoms with Gasteiger partial charge >= 0.3 is 0 Å². The minimum absolute atomic E-state index is 0. The molecular formula is C2H9BrClNO. The van der Waals surface area contributed by atoms with Gasteiger partial charge in [-0.2, -0.15) is 0 Å². The molecule has 0 fully saturated rings. The third kappa shape index (κ3) is 22.4. The molecule has 0 heterocycles. The molecule has 0 saturated heterocycles. The van der Waals surface area contributed by atoms with E-state index in [1.807, 2.05) is 0 Å². The van der Waals surface area contributed by atoms with E-state index in [2.05, 4.69) is 0 Å². The molecule has 0 atom stereocenters. The van der Waals surface area contributed by atoms with Gasteiger partial charge in [-0.1, -0.05) is 0 Å². The quantitative estimate of drug-likeness (QED) is 0.591. The Bertz CT molecular complexity index is 15.5. The molecule has 0 unspecified atom stereocenters. The van der Waals surface area contributed by atoms with Crippen molar-refractivity contribution in [2.45, 2.75) is 0 Å². The molecule has 0 rings (SSSR count). The summed E-state index contributed by atoms with van der Waals surface area (Å²) in [6.45, 7) is 0.472. The Balaban J connectivity index is -0.0000000450. The standard InChI is InChI=1S/C2H7NO.BrH.ClH/c3-1-2-4;;/h4H,1-3H2;2*1H. The zero-order valence-corrected chi connectivity index (χ0v) is 5.78. The zero-order chi connectivity index (χ0) is 3.41. The van der Waals surface area contributed by atoms with Crippen molar-refractivity contribution in [3.05, 3.63) is 0 Å². The van der Waals surface area contributed by atoms with E-state index in [1.165, 1.54) is 0 Å². The van der Waals surface area contributed by atoms with Gasteiger partial charge in [-0.15, -0.1) is 29.4 Å². The van der Waals surface area contributed by atoms with E-state index < -0.39 is 0 Å². The maximum absolute atomic E-state index is 7.75. The number of aliphatic hydroxyl groups is 1. The SMILES string of the molecule is Br.Cl.NCCO. The molecule has 0 aromatic carbocycles. The molecule has 42 valence electrons. The Hall–Kier alpha value is 0.690. The van der Waals surface area contributed by atoms with Crippen molar-refractivity contribution in [3.63, 3.8) is 0 Å². The maximum atomic E-state index is 7.75. The largest absolute Gasteiger partial charge is 0.395 e. The van der Waals surface area contributed by atoms with Gasteiger partial charge in [0.2, 0.25) is 0 Å². The van der Waals surface area contributed by atoms with Crippen molar-refractivity contribution in [1.82, 2.24) is 0 Å². The minimum Gasteiger partial charge on any atom is -0.395 e. The van der Waals surface area contributed by atoms with Crippen LogP contribution in [0.15, 0.2) is 0 Å². The van der Waals surface area contributed by atoms with Crippen LogP contribution in [0.4, 0.5) is 0 Å². The van der Waals surface area contributed by atoms with Crippen LogP contribution < -0.4 is 5.73 Å². The number of hydrogen-bond donors (Lipinski definition) is 2. The molecule has 0 bridgehead atoms. The fourth-order valence-electron chi connectivity index (χ4n) is 0. The lowest BCUT2D eigenvalue weighted by Crippen LogP contribution is -2.02. The normalized spacial score (nSPS) is 5.00. The van der Waals surface area contributed by atoms with Crippen LogP contribution in [0.3, 0.4) is 0 Å². The van der Waals surface area contributed by atoms with Crippen LogP contribution in [0.1, 0.15) is 0 Å². The molecule has 0 aliphatic rings. The highest BCUT2D eigenvalue weighted by Crippen LogP contribution is 1.33. The molecule has 0 aliphatic carbocycles. The molecule has 6 heavy (non-hydrogen) atoms. The molecule has 0 aliphatic heterocycles. The second kappa shape index (κ2) is 17.3. The van der Waals surface area contributed by atoms with Crippen molar-refractivity contribution in [1.29, 1.82) is 0 Å². The second-order valence-electron chi connectivity index (χ2n) is 0.512. The molecule has 0 radical (unpaired) electrons. The minimum atomic E-state index is 0. The topological polar surface area (TPSA) is 46.2 Å². The Morgan fingerprint density at radius 3 is 1.67 bits per heavy atom. The lowest BCUT2D eigenvalue weighted by Gasteiger charge is -1.71. The fraction of sp³-hybridized carbons (Fsp3) is 1.00. The van der Waals surface area contributed by atoms with Crippen LogP contribution in [0, 0.1) is 0 Å². The number of nitrogens with two attached hydrogens (primary N) is 1. The van der Waals surface area contributed by atoms with Crippen molar-refractivity contribution in [3.8, 4) is 0 Å². The van der Waals surface area contributed by atoms with Gasteiger partial charge in [0.25, 0.3) is 0 Å². The van der Waals surface area contributed by atoms with E-state index in [9.17, 15) is 0 Å². The molecule has 0 aromatic rings. The summed E-state index contributed by atoms with van der Waals surface area (Å²) in [7, 11) is 0. The van der Waals surface area contributed by atoms with Crippen LogP contribution in [-0.4, -0.2) is 18.3 Å². The molecule has 0 aromatic heterocycles. The highest BCUT2D eigenvalue weighted by molar-refractivity contribution is 8.93. The van der Waals surface area contributed by atoms with E-state index >= 15 is 0 Å². The summed E-state index contributed by atoms with van der Waals surface area (Å²) in [5.74, 6) is 0. The number of rotatable bonds is 1. The van der Waals surface area contributed by atoms with Gasteiger partial charge in [0.1, 0.15) is 0 Å². The van der Waals surface area contributed by atoms with Gasteiger partial charge in [-0.25, -0.2) is 0 Å². The Labute approximate surface area is 53.9 Å². The third-order valence-electron chi connectivity index (χ3n) is 0.129. The predicted molar refractivity (Wildman–Crippen MR) is 33.7 cm³/mol. The summed E-state index contributed by atoms with van der Waals surface area (Å²) < 4.78 is 0. The summed E-state index contributed by atoms with van der Waals surface area (Å²) in [6, 6.07) is 0. The van der Waals surface area contributed by atoms with E-state index in [1.54, 1.807) is 0 Å². The number of hydrogen-bond acceptors (Lipinski definition) is 2. The molecule has 0 saturated carbocycles. The summed E-state index contributed by atoms with van der Waals surface area (Å²) in [5, 5.41) is 7.75. The van der Waals surface area contributed by atoms with E-state index in [0.29, 0.717) is 6.54 Å². The van der Waals surface area contributed by atoms with Crippen LogP contribution in [0.2, 0.25) is 0 Å². The number of aliphatic hydroxyl groups excluding tert-OH is 1. The van der Waals surface area contributed by atoms with Crippen LogP contribution in [0.25, 0.3) is 0 Å². The van der Waals surface area contributed by atoms with Crippen molar-refractivity contribution in [2.75, 3.05) is 13.2 Å². The van der Waals surface area contributed by atoms with Gasteiger partial charge in [0.15, 0.2) is 0 Å². The highest BCUT2D eigenvalue weighted by Gasteiger charge is 1.56. The van der Waals surface area contributed by atoms with Gasteiger partial charge < -0.3 is 10.8 Å². The molecule has 3 N–H and O–H groups in total. The molecule has 2 nitrogen and oxygen atoms in total. The Morgan fingerprint density at radius 2 is 1.67 bits per heavy atom. The van der Waals surface area contributed by atoms with Crippen molar-refractivity contribution in [2.24, 2.45) is 5.73 Å². The summed E-state index contributed by atoms with van der Waals surface area (Å²) >= 11 is 0. The molecule has 0 amide bonds. The van der Waals surface area contributed by atoms with Crippen LogP contribution in [-0.2, 0) is 0 Å². The van der Waals surface area contributed by atoms with Crippen LogP contribution in [0.5, 0.6) is 0 Å². The van der Waals surface area contributed by atoms with Crippen molar-refractivity contribution >= 4 is 29.4 Å². The lowest BCUT2D eigenvalue weighted by atomic mass is 10.8. The van der Waals surface area contributed by atoms with Gasteiger partial charge in [0.05, 0.1) is 6.61 Å². The molecule has 4 heteroatoms. The second-order valence-corrected chi connectivity index (χ2v) is 0.512. The zero-order valence-electron chi connectivity index (χ0n) is 3.26. The average Bonchev–Trinajstić information content (AvgIpc) is 1.37. The smallest absolute Gasteiger partial charge is 0.0553 e. The van der Waals surface area contributed by atoms with Crippen molar-refractivity contribution < 1.29 is 5.11 Å². The lowest BCUT2D eigenvalue weighted by molar-refractivity contribution is 0.306. The summed E-state index contributed by atoms with van der Waals surface area (Å²) in [6.07, 6.45) is 0.